The van der Waals surface area contributed by atoms with Gasteiger partial charge in [-0.2, -0.15) is 0 Å². The molecule has 3 rings (SSSR count). The van der Waals surface area contributed by atoms with Gasteiger partial charge in [-0.15, -0.1) is 0 Å². The Morgan fingerprint density at radius 1 is 1.16 bits per heavy atom. The van der Waals surface area contributed by atoms with Crippen LogP contribution in [0, 0.1) is 0 Å². The van der Waals surface area contributed by atoms with Crippen molar-refractivity contribution in [3.8, 4) is 0 Å². The quantitative estimate of drug-likeness (QED) is 0.719. The van der Waals surface area contributed by atoms with E-state index in [1.807, 2.05) is 30.3 Å². The maximum atomic E-state index is 13.4. The summed E-state index contributed by atoms with van der Waals surface area (Å²) in [5, 5.41) is 11.5. The molecule has 3 amide bonds. The van der Waals surface area contributed by atoms with E-state index in [1.54, 1.807) is 18.2 Å². The Balaban J connectivity index is 1.98. The first-order valence-corrected chi connectivity index (χ1v) is 11.2. The molecular formula is C21H23N3O6S. The largest absolute Gasteiger partial charge is 0.465 e. The van der Waals surface area contributed by atoms with E-state index < -0.39 is 45.6 Å². The summed E-state index contributed by atoms with van der Waals surface area (Å²) < 4.78 is 26.0. The Morgan fingerprint density at radius 3 is 2.42 bits per heavy atom. The van der Waals surface area contributed by atoms with Crippen molar-refractivity contribution in [1.29, 1.82) is 0 Å². The van der Waals surface area contributed by atoms with Gasteiger partial charge in [0.1, 0.15) is 12.1 Å². The summed E-state index contributed by atoms with van der Waals surface area (Å²) in [5.41, 5.74) is 1.03. The zero-order chi connectivity index (χ0) is 22.8. The number of para-hydroxylation sites is 1. The molecule has 0 saturated heterocycles. The minimum Gasteiger partial charge on any atom is -0.465 e. The van der Waals surface area contributed by atoms with E-state index in [-0.39, 0.29) is 17.1 Å². The van der Waals surface area contributed by atoms with Crippen LogP contribution in [0.25, 0.3) is 0 Å². The number of carboxylic acid groups (broad SMARTS) is 1. The van der Waals surface area contributed by atoms with E-state index in [9.17, 15) is 22.8 Å². The van der Waals surface area contributed by atoms with Gasteiger partial charge < -0.3 is 15.3 Å². The number of nitrogens with zero attached hydrogens (tertiary/aromatic N) is 2. The molecule has 1 aliphatic heterocycles. The van der Waals surface area contributed by atoms with Crippen LogP contribution in [0.15, 0.2) is 59.5 Å². The second-order valence-corrected chi connectivity index (χ2v) is 9.29. The first kappa shape index (κ1) is 22.3. The molecule has 0 radical (unpaired) electrons. The van der Waals surface area contributed by atoms with Crippen molar-refractivity contribution in [2.24, 2.45) is 0 Å². The Hall–Kier alpha value is -3.40. The monoisotopic (exact) mass is 445 g/mol. The lowest BCUT2D eigenvalue weighted by Crippen LogP contribution is -2.55. The Morgan fingerprint density at radius 2 is 1.77 bits per heavy atom. The van der Waals surface area contributed by atoms with Crippen molar-refractivity contribution in [2.45, 2.75) is 30.4 Å². The Labute approximate surface area is 180 Å². The third kappa shape index (κ3) is 4.69. The summed E-state index contributed by atoms with van der Waals surface area (Å²) >= 11 is 0. The number of amides is 3. The predicted octanol–water partition coefficient (Wildman–Crippen LogP) is 1.49. The van der Waals surface area contributed by atoms with E-state index in [4.69, 9.17) is 5.11 Å². The van der Waals surface area contributed by atoms with Gasteiger partial charge in [-0.3, -0.25) is 14.5 Å². The van der Waals surface area contributed by atoms with Gasteiger partial charge in [0.25, 0.3) is 5.91 Å². The molecule has 9 nitrogen and oxygen atoms in total. The number of rotatable bonds is 5. The molecule has 2 aromatic rings. The van der Waals surface area contributed by atoms with E-state index >= 15 is 0 Å². The third-order valence-electron chi connectivity index (χ3n) is 5.20. The standard InChI is InChI=1S/C21H23N3O6S/c1-14(23(2)21(27)28)19(25)22-16-13-31(29,30)18-11-7-6-10-17(18)24(20(16)26)12-15-8-4-3-5-9-15/h3-11,14,16H,12-13H2,1-2H3,(H,22,25)(H,27,28)/t14-,16?/m0/s1. The van der Waals surface area contributed by atoms with E-state index in [0.717, 1.165) is 10.5 Å². The smallest absolute Gasteiger partial charge is 0.407 e. The summed E-state index contributed by atoms with van der Waals surface area (Å²) in [6.07, 6.45) is -1.32. The van der Waals surface area contributed by atoms with Crippen molar-refractivity contribution >= 4 is 33.4 Å². The van der Waals surface area contributed by atoms with Gasteiger partial charge in [-0.1, -0.05) is 42.5 Å². The number of anilines is 1. The van der Waals surface area contributed by atoms with Crippen molar-refractivity contribution < 1.29 is 27.9 Å². The molecule has 0 aliphatic carbocycles. The molecule has 1 heterocycles. The first-order chi connectivity index (χ1) is 14.6. The maximum Gasteiger partial charge on any atom is 0.407 e. The molecular weight excluding hydrogens is 422 g/mol. The predicted molar refractivity (Wildman–Crippen MR) is 113 cm³/mol. The summed E-state index contributed by atoms with van der Waals surface area (Å²) in [4.78, 5) is 39.2. The molecule has 31 heavy (non-hydrogen) atoms. The molecule has 1 unspecified atom stereocenters. The molecule has 0 spiro atoms. The van der Waals surface area contributed by atoms with Crippen molar-refractivity contribution in [1.82, 2.24) is 10.2 Å². The average molecular weight is 445 g/mol. The van der Waals surface area contributed by atoms with Crippen LogP contribution in [0.4, 0.5) is 10.5 Å². The molecule has 1 aliphatic rings. The molecule has 2 atom stereocenters. The molecule has 2 aromatic carbocycles. The van der Waals surface area contributed by atoms with Gasteiger partial charge in [0.15, 0.2) is 9.84 Å². The highest BCUT2D eigenvalue weighted by Gasteiger charge is 2.39. The highest BCUT2D eigenvalue weighted by Crippen LogP contribution is 2.31. The van der Waals surface area contributed by atoms with Gasteiger partial charge >= 0.3 is 6.09 Å². The normalized spacial score (nSPS) is 18.5. The van der Waals surface area contributed by atoms with Crippen molar-refractivity contribution in [3.05, 3.63) is 60.2 Å². The minimum atomic E-state index is -3.90. The third-order valence-corrected chi connectivity index (χ3v) is 6.99. The van der Waals surface area contributed by atoms with Crippen LogP contribution in [-0.4, -0.2) is 61.2 Å². The van der Waals surface area contributed by atoms with Crippen molar-refractivity contribution in [3.63, 3.8) is 0 Å². The lowest BCUT2D eigenvalue weighted by molar-refractivity contribution is -0.129. The summed E-state index contributed by atoms with van der Waals surface area (Å²) in [7, 11) is -2.68. The number of carbonyl (C=O) groups is 3. The first-order valence-electron chi connectivity index (χ1n) is 9.55. The lowest BCUT2D eigenvalue weighted by Gasteiger charge is -2.27. The SMILES string of the molecule is C[C@@H](C(=O)NC1CS(=O)(=O)c2ccccc2N(Cc2ccccc2)C1=O)N(C)C(=O)O. The number of fused-ring (bicyclic) bond motifs is 1. The highest BCUT2D eigenvalue weighted by atomic mass is 32.2. The number of likely N-dealkylation sites (N-methyl/N-ethyl adjacent to an activating group) is 1. The number of benzene rings is 2. The number of hydrogen-bond acceptors (Lipinski definition) is 5. The lowest BCUT2D eigenvalue weighted by atomic mass is 10.1. The van der Waals surface area contributed by atoms with Gasteiger partial charge in [0.2, 0.25) is 5.91 Å². The molecule has 10 heteroatoms. The second kappa shape index (κ2) is 8.76. The summed E-state index contributed by atoms with van der Waals surface area (Å²) in [6.45, 7) is 1.47. The number of nitrogens with one attached hydrogen (secondary N) is 1. The average Bonchev–Trinajstić information content (AvgIpc) is 2.82. The van der Waals surface area contributed by atoms with E-state index in [1.165, 1.54) is 24.9 Å². The molecule has 164 valence electrons. The van der Waals surface area contributed by atoms with Crippen molar-refractivity contribution in [2.75, 3.05) is 17.7 Å². The van der Waals surface area contributed by atoms with Crippen LogP contribution in [0.1, 0.15) is 12.5 Å². The zero-order valence-corrected chi connectivity index (χ0v) is 17.9. The fourth-order valence-corrected chi connectivity index (χ4v) is 4.92. The molecule has 0 fully saturated rings. The second-order valence-electron chi connectivity index (χ2n) is 7.29. The fourth-order valence-electron chi connectivity index (χ4n) is 3.30. The van der Waals surface area contributed by atoms with Crippen LogP contribution in [-0.2, 0) is 26.0 Å². The molecule has 0 bridgehead atoms. The van der Waals surface area contributed by atoms with Crippen LogP contribution in [0.2, 0.25) is 0 Å². The number of carbonyl (C=O) groups excluding carboxylic acids is 2. The molecule has 0 saturated carbocycles. The highest BCUT2D eigenvalue weighted by molar-refractivity contribution is 7.91. The number of hydrogen-bond donors (Lipinski definition) is 2. The van der Waals surface area contributed by atoms with Crippen LogP contribution in [0.3, 0.4) is 0 Å². The maximum absolute atomic E-state index is 13.4. The summed E-state index contributed by atoms with van der Waals surface area (Å²) in [5.74, 6) is -1.97. The zero-order valence-electron chi connectivity index (χ0n) is 17.1. The van der Waals surface area contributed by atoms with Gasteiger partial charge in [-0.05, 0) is 24.6 Å². The Bertz CT molecular complexity index is 1100. The van der Waals surface area contributed by atoms with Crippen LogP contribution < -0.4 is 10.2 Å². The summed E-state index contributed by atoms with van der Waals surface area (Å²) in [6, 6.07) is 12.8. The van der Waals surface area contributed by atoms with Gasteiger partial charge in [0.05, 0.1) is 22.9 Å². The Kier molecular flexibility index (Phi) is 6.30. The minimum absolute atomic E-state index is 0.00623. The van der Waals surface area contributed by atoms with E-state index in [2.05, 4.69) is 5.32 Å². The fraction of sp³-hybridized carbons (Fsp3) is 0.286. The van der Waals surface area contributed by atoms with Gasteiger partial charge in [0, 0.05) is 7.05 Å². The molecule has 0 aromatic heterocycles. The molecule has 2 N–H and O–H groups in total. The van der Waals surface area contributed by atoms with E-state index in [0.29, 0.717) is 0 Å². The topological polar surface area (TPSA) is 124 Å². The van der Waals surface area contributed by atoms with Crippen LogP contribution >= 0.6 is 0 Å². The van der Waals surface area contributed by atoms with Crippen LogP contribution in [0.5, 0.6) is 0 Å². The number of sulfone groups is 1. The van der Waals surface area contributed by atoms with Gasteiger partial charge in [-0.25, -0.2) is 13.2 Å².